The molecule has 22 heteroatoms. The van der Waals surface area contributed by atoms with Gasteiger partial charge in [-0.3, -0.25) is 23.6 Å². The highest BCUT2D eigenvalue weighted by atomic mass is 32.2. The third kappa shape index (κ3) is 5.62. The second-order valence-electron chi connectivity index (χ2n) is 7.73. The zero-order chi connectivity index (χ0) is 28.4. The van der Waals surface area contributed by atoms with Crippen LogP contribution in [0.25, 0.3) is 10.4 Å². The molecule has 0 bridgehead atoms. The van der Waals surface area contributed by atoms with Gasteiger partial charge in [-0.05, 0) is 24.8 Å². The number of carboxylic acid groups (broad SMARTS) is 1. The summed E-state index contributed by atoms with van der Waals surface area (Å²) in [5, 5.41) is 20.1. The van der Waals surface area contributed by atoms with Crippen LogP contribution in [0.15, 0.2) is 16.4 Å². The molecule has 0 aromatic carbocycles. The average Bonchev–Trinajstić information content (AvgIpc) is 2.77. The molecule has 2 atom stereocenters. The topological polar surface area (TPSA) is 323 Å². The van der Waals surface area contributed by atoms with Gasteiger partial charge in [0.2, 0.25) is 11.4 Å². The van der Waals surface area contributed by atoms with Crippen molar-refractivity contribution in [1.29, 1.82) is 0 Å². The number of unbranched alkanes of at least 4 members (excludes halogenated alkanes) is 1. The van der Waals surface area contributed by atoms with Gasteiger partial charge in [-0.1, -0.05) is 5.11 Å². The van der Waals surface area contributed by atoms with E-state index in [0.29, 0.717) is 4.90 Å². The second kappa shape index (κ2) is 11.0. The number of azide groups is 1. The number of nitrogens with zero attached hydrogens (tertiary/aromatic N) is 4. The van der Waals surface area contributed by atoms with Crippen molar-refractivity contribution >= 4 is 50.8 Å². The number of carboxylic acids is 1. The van der Waals surface area contributed by atoms with Crippen LogP contribution in [0.2, 0.25) is 0 Å². The van der Waals surface area contributed by atoms with Crippen LogP contribution >= 0.6 is 27.0 Å². The number of hydrogen-bond acceptors (Lipinski definition) is 10. The van der Waals surface area contributed by atoms with Gasteiger partial charge in [0.25, 0.3) is 11.0 Å². The number of thioether (sulfide) groups is 1. The number of aliphatic hydroxyl groups is 1. The first kappa shape index (κ1) is 30.6. The second-order valence-corrected chi connectivity index (χ2v) is 12.8. The van der Waals surface area contributed by atoms with Gasteiger partial charge in [0.15, 0.2) is 0 Å². The number of nitrogens with one attached hydrogen (secondary N) is 1. The first-order valence-electron chi connectivity index (χ1n) is 9.96. The van der Waals surface area contributed by atoms with Crippen molar-refractivity contribution in [1.82, 2.24) is 10.2 Å². The third-order valence-corrected chi connectivity index (χ3v) is 10.7. The summed E-state index contributed by atoms with van der Waals surface area (Å²) in [5.41, 5.74) is 10.9. The van der Waals surface area contributed by atoms with Crippen LogP contribution in [-0.2, 0) is 28.3 Å². The van der Waals surface area contributed by atoms with E-state index < -0.39 is 80.2 Å². The zero-order valence-corrected chi connectivity index (χ0v) is 21.1. The number of hydrogen-bond donors (Lipinski definition) is 8. The fraction of sp³-hybridized carbons (Fsp3) is 0.600. The summed E-state index contributed by atoms with van der Waals surface area (Å²) in [6, 6.07) is 0. The van der Waals surface area contributed by atoms with Gasteiger partial charge >= 0.3 is 27.3 Å². The fourth-order valence-electron chi connectivity index (χ4n) is 3.57. The Morgan fingerprint density at radius 2 is 1.86 bits per heavy atom. The Kier molecular flexibility index (Phi) is 9.07. The van der Waals surface area contributed by atoms with Crippen molar-refractivity contribution in [3.63, 3.8) is 0 Å². The van der Waals surface area contributed by atoms with E-state index >= 15 is 0 Å². The molecule has 0 aromatic heterocycles. The van der Waals surface area contributed by atoms with E-state index in [4.69, 9.17) is 30.8 Å². The smallest absolute Gasteiger partial charge is 0.404 e. The molecule has 2 aliphatic rings. The number of aliphatic carboxylic acids is 1. The maximum atomic E-state index is 12.9. The molecule has 37 heavy (non-hydrogen) atoms. The molecule has 3 amide bonds. The molecule has 19 nitrogen and oxygen atoms in total. The predicted molar refractivity (Wildman–Crippen MR) is 121 cm³/mol. The summed E-state index contributed by atoms with van der Waals surface area (Å²) in [6.07, 6.45) is -2.81. The molecule has 0 spiro atoms. The number of nitrogens with two attached hydrogens (primary N) is 1. The van der Waals surface area contributed by atoms with Gasteiger partial charge in [-0.2, -0.15) is 0 Å². The Morgan fingerprint density at radius 3 is 2.35 bits per heavy atom. The Labute approximate surface area is 211 Å². The number of fused-ring (bicyclic) bond motifs is 1. The molecule has 2 rings (SSSR count). The molecule has 0 saturated carbocycles. The minimum Gasteiger partial charge on any atom is -0.477 e. The lowest BCUT2D eigenvalue weighted by Gasteiger charge is -2.53. The summed E-state index contributed by atoms with van der Waals surface area (Å²) < 4.78 is 27.3. The molecule has 2 heterocycles. The van der Waals surface area contributed by atoms with Crippen LogP contribution < -0.4 is 11.1 Å². The van der Waals surface area contributed by atoms with Crippen molar-refractivity contribution in [2.75, 3.05) is 18.9 Å². The summed E-state index contributed by atoms with van der Waals surface area (Å²) in [5.74, 6) is -4.04. The van der Waals surface area contributed by atoms with Crippen LogP contribution in [0.1, 0.15) is 19.3 Å². The van der Waals surface area contributed by atoms with E-state index in [0.717, 1.165) is 11.8 Å². The number of primary amides is 1. The quantitative estimate of drug-likeness (QED) is 0.0249. The van der Waals surface area contributed by atoms with Gasteiger partial charge in [0.05, 0.1) is 0 Å². The largest absolute Gasteiger partial charge is 0.477 e. The SMILES string of the molecule is [N-]=[N+]=NC1(C(=O)NCCCCC(O)(P(=O)(O)O)P(=O)(O)O)C(=O)N2C(C(=O)O)=C(COC(N)=O)CS[C@@H]21. The van der Waals surface area contributed by atoms with Crippen LogP contribution in [-0.4, -0.2) is 93.5 Å². The average molecular weight is 588 g/mol. The van der Waals surface area contributed by atoms with E-state index in [1.807, 2.05) is 0 Å². The Balaban J connectivity index is 2.14. The fourth-order valence-corrected chi connectivity index (χ4v) is 7.26. The van der Waals surface area contributed by atoms with E-state index in [2.05, 4.69) is 20.1 Å². The van der Waals surface area contributed by atoms with Crippen molar-refractivity contribution in [3.8, 4) is 0 Å². The molecular weight excluding hydrogens is 566 g/mol. The van der Waals surface area contributed by atoms with Gasteiger partial charge in [0, 0.05) is 22.8 Å². The molecule has 1 fully saturated rings. The van der Waals surface area contributed by atoms with Crippen LogP contribution in [0, 0.1) is 0 Å². The summed E-state index contributed by atoms with van der Waals surface area (Å²) in [6.45, 7) is -0.888. The van der Waals surface area contributed by atoms with Crippen LogP contribution in [0.4, 0.5) is 4.79 Å². The molecule has 0 aromatic rings. The summed E-state index contributed by atoms with van der Waals surface area (Å²) in [4.78, 5) is 88.2. The molecule has 206 valence electrons. The van der Waals surface area contributed by atoms with Crippen molar-refractivity contribution in [3.05, 3.63) is 21.7 Å². The van der Waals surface area contributed by atoms with Gasteiger partial charge < -0.3 is 45.6 Å². The van der Waals surface area contributed by atoms with Gasteiger partial charge in [0.1, 0.15) is 17.7 Å². The maximum Gasteiger partial charge on any atom is 0.404 e. The lowest BCUT2D eigenvalue weighted by atomic mass is 9.86. The first-order valence-corrected chi connectivity index (χ1v) is 14.2. The molecule has 2 aliphatic heterocycles. The van der Waals surface area contributed by atoms with E-state index in [9.17, 15) is 38.5 Å². The number of ether oxygens (including phenoxy) is 1. The van der Waals surface area contributed by atoms with E-state index in [1.165, 1.54) is 0 Å². The molecule has 0 aliphatic carbocycles. The van der Waals surface area contributed by atoms with Gasteiger partial charge in [-0.15, -0.1) is 11.8 Å². The highest BCUT2D eigenvalue weighted by Gasteiger charge is 2.69. The molecule has 0 radical (unpaired) electrons. The summed E-state index contributed by atoms with van der Waals surface area (Å²) >= 11 is 0.845. The number of β-lactam (4-membered cyclic amide) rings is 1. The highest BCUT2D eigenvalue weighted by molar-refractivity contribution is 8.00. The van der Waals surface area contributed by atoms with Gasteiger partial charge in [-0.25, -0.2) is 9.59 Å². The standard InChI is InChI=1S/C15H22N6O13P2S/c16-13(26)34-5-7-6-37-12-15(19-20-17,11(25)21(12)8(7)9(22)23)10(24)18-4-2-1-3-14(27,35(28,29)30)36(31,32)33/h12,27H,1-6H2,(H2,16,26)(H,18,24)(H,22,23)(H2,28,29,30)(H2,31,32,33)/t12-,15?/m1/s1. The number of carbonyl (C=O) groups excluding carboxylic acids is 3. The lowest BCUT2D eigenvalue weighted by molar-refractivity contribution is -0.160. The van der Waals surface area contributed by atoms with E-state index in [-0.39, 0.29) is 24.3 Å². The number of amides is 3. The van der Waals surface area contributed by atoms with Crippen molar-refractivity contribution in [2.24, 2.45) is 10.8 Å². The Morgan fingerprint density at radius 1 is 1.27 bits per heavy atom. The Hall–Kier alpha value is -2.66. The van der Waals surface area contributed by atoms with Crippen molar-refractivity contribution in [2.45, 2.75) is 35.3 Å². The molecular formula is C15H22N6O13P2S. The number of carbonyl (C=O) groups is 4. The monoisotopic (exact) mass is 588 g/mol. The first-order chi connectivity index (χ1) is 17.0. The summed E-state index contributed by atoms with van der Waals surface area (Å²) in [7, 11) is -11.3. The lowest BCUT2D eigenvalue weighted by Crippen LogP contribution is -2.77. The Bertz CT molecular complexity index is 1160. The molecule has 9 N–H and O–H groups in total. The minimum atomic E-state index is -5.65. The van der Waals surface area contributed by atoms with Crippen LogP contribution in [0.5, 0.6) is 0 Å². The minimum absolute atomic E-state index is 0.00144. The third-order valence-electron chi connectivity index (χ3n) is 5.43. The molecule has 1 unspecified atom stereocenters. The normalized spacial score (nSPS) is 21.9. The zero-order valence-electron chi connectivity index (χ0n) is 18.5. The maximum absolute atomic E-state index is 12.9. The predicted octanol–water partition coefficient (Wildman–Crippen LogP) is -1.33. The molecule has 1 saturated heterocycles. The van der Waals surface area contributed by atoms with E-state index in [1.54, 1.807) is 0 Å². The highest BCUT2D eigenvalue weighted by Crippen LogP contribution is 2.69. The number of rotatable bonds is 12. The van der Waals surface area contributed by atoms with Crippen LogP contribution in [0.3, 0.4) is 0 Å². The van der Waals surface area contributed by atoms with Crippen molar-refractivity contribution < 1.29 is 62.8 Å².